The van der Waals surface area contributed by atoms with Crippen LogP contribution in [0.3, 0.4) is 0 Å². The Morgan fingerprint density at radius 3 is 2.19 bits per heavy atom. The molecule has 5 atom stereocenters. The molecule has 1 N–H and O–H groups in total. The molecule has 2 aromatic carbocycles. The monoisotopic (exact) mass is 637 g/mol. The molecular formula is C31H41Cl2N3O5S. The van der Waals surface area contributed by atoms with Gasteiger partial charge in [-0.15, -0.1) is 4.36 Å². The number of rotatable bonds is 9. The summed E-state index contributed by atoms with van der Waals surface area (Å²) in [5.41, 5.74) is 0.402. The third-order valence-corrected chi connectivity index (χ3v) is 11.3. The van der Waals surface area contributed by atoms with Crippen LogP contribution in [0.15, 0.2) is 52.9 Å². The predicted molar refractivity (Wildman–Crippen MR) is 168 cm³/mol. The van der Waals surface area contributed by atoms with Gasteiger partial charge in [0, 0.05) is 41.4 Å². The van der Waals surface area contributed by atoms with Crippen LogP contribution in [-0.4, -0.2) is 68.2 Å². The van der Waals surface area contributed by atoms with Crippen molar-refractivity contribution in [2.75, 3.05) is 19.8 Å². The van der Waals surface area contributed by atoms with E-state index in [0.717, 1.165) is 11.1 Å². The number of aliphatic carboxylic acids is 1. The molecule has 11 heteroatoms. The third-order valence-electron chi connectivity index (χ3n) is 8.02. The van der Waals surface area contributed by atoms with Gasteiger partial charge in [0.05, 0.1) is 33.4 Å². The van der Waals surface area contributed by atoms with Gasteiger partial charge >= 0.3 is 12.0 Å². The first-order valence-corrected chi connectivity index (χ1v) is 16.5. The summed E-state index contributed by atoms with van der Waals surface area (Å²) in [6.07, 6.45) is -0.114. The molecule has 0 aliphatic carbocycles. The van der Waals surface area contributed by atoms with Crippen LogP contribution in [0, 0.1) is 11.3 Å². The highest BCUT2D eigenvalue weighted by Gasteiger charge is 2.53. The van der Waals surface area contributed by atoms with Crippen molar-refractivity contribution >= 4 is 50.8 Å². The second-order valence-electron chi connectivity index (χ2n) is 12.2. The summed E-state index contributed by atoms with van der Waals surface area (Å²) in [5, 5.41) is 10.5. The van der Waals surface area contributed by atoms with Gasteiger partial charge in [-0.2, -0.15) is 0 Å². The van der Waals surface area contributed by atoms with Crippen LogP contribution in [0.5, 0.6) is 0 Å². The molecule has 42 heavy (non-hydrogen) atoms. The maximum atomic E-state index is 14.6. The molecular weight excluding hydrogens is 597 g/mol. The minimum absolute atomic E-state index is 0.0524. The summed E-state index contributed by atoms with van der Waals surface area (Å²) in [4.78, 5) is 42.4. The topological polar surface area (TPSA) is 107 Å². The Morgan fingerprint density at radius 1 is 1.07 bits per heavy atom. The number of carboxylic acid groups (broad SMARTS) is 1. The molecule has 1 unspecified atom stereocenters. The Morgan fingerprint density at radius 2 is 1.69 bits per heavy atom. The van der Waals surface area contributed by atoms with Crippen molar-refractivity contribution in [2.45, 2.75) is 70.7 Å². The third kappa shape index (κ3) is 7.47. The molecule has 8 nitrogen and oxygen atoms in total. The van der Waals surface area contributed by atoms with E-state index in [-0.39, 0.29) is 36.3 Å². The van der Waals surface area contributed by atoms with Crippen molar-refractivity contribution in [2.24, 2.45) is 15.7 Å². The fraction of sp³-hybridized carbons (Fsp3) is 0.516. The minimum atomic E-state index is -3.15. The molecule has 0 aromatic heterocycles. The smallest absolute Gasteiger partial charge is 0.351 e. The molecule has 0 radical (unpaired) electrons. The standard InChI is InChI=1S/C31H41Cl2N3O5S/c1-19(2)26(18-42(41,20(3)4)34-30(40)35(6)7)36-28(21-11-13-23(32)14-12-21)25(22-9-8-10-24(33)15-22)16-31(5,29(36)39)17-27(37)38/h8-15,19-20,25-26,28H,16-18H2,1-7H3,(H,37,38)/t25-,26-,28-,31-,42?/m1/s1. The summed E-state index contributed by atoms with van der Waals surface area (Å²) >= 11 is 12.7. The summed E-state index contributed by atoms with van der Waals surface area (Å²) in [7, 11) is -0.0566. The number of benzene rings is 2. The van der Waals surface area contributed by atoms with Gasteiger partial charge in [0.2, 0.25) is 5.91 Å². The maximum Gasteiger partial charge on any atom is 0.351 e. The summed E-state index contributed by atoms with van der Waals surface area (Å²) in [6.45, 7) is 9.06. The first-order chi connectivity index (χ1) is 19.5. The van der Waals surface area contributed by atoms with Crippen LogP contribution in [0.25, 0.3) is 0 Å². The van der Waals surface area contributed by atoms with E-state index in [2.05, 4.69) is 4.36 Å². The molecule has 1 aliphatic rings. The lowest BCUT2D eigenvalue weighted by atomic mass is 9.66. The average molecular weight is 639 g/mol. The van der Waals surface area contributed by atoms with Gasteiger partial charge in [0.25, 0.3) is 0 Å². The van der Waals surface area contributed by atoms with E-state index in [1.807, 2.05) is 44.2 Å². The Balaban J connectivity index is 2.34. The highest BCUT2D eigenvalue weighted by Crippen LogP contribution is 2.52. The molecule has 1 fully saturated rings. The Kier molecular flexibility index (Phi) is 10.8. The van der Waals surface area contributed by atoms with Gasteiger partial charge in [-0.25, -0.2) is 9.00 Å². The SMILES string of the molecule is CC(C)[C@@H](CS(=O)(=NC(=O)N(C)C)C(C)C)N1C(=O)[C@@](C)(CC(=O)O)C[C@H](c2cccc(Cl)c2)[C@H]1c1ccc(Cl)cc1. The molecule has 0 bridgehead atoms. The zero-order valence-electron chi connectivity index (χ0n) is 25.2. The van der Waals surface area contributed by atoms with Crippen LogP contribution >= 0.6 is 23.2 Å². The molecule has 1 aliphatic heterocycles. The van der Waals surface area contributed by atoms with E-state index in [0.29, 0.717) is 10.0 Å². The zero-order chi connectivity index (χ0) is 31.6. The lowest BCUT2D eigenvalue weighted by molar-refractivity contribution is -0.161. The molecule has 1 heterocycles. The van der Waals surface area contributed by atoms with Crippen LogP contribution in [0.2, 0.25) is 10.0 Å². The van der Waals surface area contributed by atoms with Gasteiger partial charge in [-0.1, -0.05) is 82.1 Å². The largest absolute Gasteiger partial charge is 0.481 e. The van der Waals surface area contributed by atoms with E-state index in [9.17, 15) is 23.7 Å². The minimum Gasteiger partial charge on any atom is -0.481 e. The Bertz CT molecular complexity index is 1440. The fourth-order valence-corrected chi connectivity index (χ4v) is 8.09. The quantitative estimate of drug-likeness (QED) is 0.315. The average Bonchev–Trinajstić information content (AvgIpc) is 2.88. The normalized spacial score (nSPS) is 23.0. The number of halogens is 2. The number of hydrogen-bond donors (Lipinski definition) is 1. The molecule has 230 valence electrons. The molecule has 0 spiro atoms. The summed E-state index contributed by atoms with van der Waals surface area (Å²) < 4.78 is 18.6. The van der Waals surface area contributed by atoms with Gasteiger partial charge < -0.3 is 14.9 Å². The van der Waals surface area contributed by atoms with Gasteiger partial charge in [0.1, 0.15) is 0 Å². The number of amides is 3. The van der Waals surface area contributed by atoms with Crippen LogP contribution in [0.4, 0.5) is 4.79 Å². The first-order valence-electron chi connectivity index (χ1n) is 14.0. The van der Waals surface area contributed by atoms with Gasteiger partial charge in [-0.05, 0) is 47.7 Å². The second-order valence-corrected chi connectivity index (χ2v) is 15.9. The van der Waals surface area contributed by atoms with E-state index in [1.54, 1.807) is 58.0 Å². The number of piperidine rings is 1. The second kappa shape index (κ2) is 13.3. The van der Waals surface area contributed by atoms with Gasteiger partial charge in [-0.3, -0.25) is 9.59 Å². The van der Waals surface area contributed by atoms with Crippen molar-refractivity contribution in [3.63, 3.8) is 0 Å². The predicted octanol–water partition coefficient (Wildman–Crippen LogP) is 7.11. The first kappa shape index (κ1) is 33.9. The molecule has 3 amide bonds. The van der Waals surface area contributed by atoms with E-state index in [1.165, 1.54) is 4.90 Å². The number of carbonyl (C=O) groups is 3. The van der Waals surface area contributed by atoms with Crippen molar-refractivity contribution in [3.05, 3.63) is 69.7 Å². The molecule has 3 rings (SSSR count). The van der Waals surface area contributed by atoms with Crippen molar-refractivity contribution < 1.29 is 23.7 Å². The fourth-order valence-electron chi connectivity index (χ4n) is 5.63. The van der Waals surface area contributed by atoms with Crippen LogP contribution in [-0.2, 0) is 19.3 Å². The van der Waals surface area contributed by atoms with Crippen LogP contribution in [0.1, 0.15) is 70.5 Å². The summed E-state index contributed by atoms with van der Waals surface area (Å²) in [5.74, 6) is -2.03. The molecule has 2 aromatic rings. The highest BCUT2D eigenvalue weighted by atomic mass is 35.5. The highest BCUT2D eigenvalue weighted by molar-refractivity contribution is 7.94. The number of carbonyl (C=O) groups excluding carboxylic acids is 2. The maximum absolute atomic E-state index is 14.6. The van der Waals surface area contributed by atoms with Crippen molar-refractivity contribution in [1.82, 2.24) is 9.80 Å². The van der Waals surface area contributed by atoms with E-state index < -0.39 is 44.5 Å². The Hall–Kier alpha value is -2.62. The number of carboxylic acids is 1. The zero-order valence-corrected chi connectivity index (χ0v) is 27.5. The van der Waals surface area contributed by atoms with Crippen molar-refractivity contribution in [3.8, 4) is 0 Å². The molecule has 1 saturated heterocycles. The van der Waals surface area contributed by atoms with Crippen LogP contribution < -0.4 is 0 Å². The number of nitrogens with zero attached hydrogens (tertiary/aromatic N) is 3. The van der Waals surface area contributed by atoms with E-state index >= 15 is 0 Å². The number of likely N-dealkylation sites (tertiary alicyclic amines) is 1. The summed E-state index contributed by atoms with van der Waals surface area (Å²) in [6, 6.07) is 12.8. The lowest BCUT2D eigenvalue weighted by Crippen LogP contribution is -2.59. The number of urea groups is 1. The lowest BCUT2D eigenvalue weighted by Gasteiger charge is -2.53. The van der Waals surface area contributed by atoms with Crippen molar-refractivity contribution in [1.29, 1.82) is 0 Å². The van der Waals surface area contributed by atoms with E-state index in [4.69, 9.17) is 23.2 Å². The number of hydrogen-bond acceptors (Lipinski definition) is 4. The Labute approximate surface area is 259 Å². The van der Waals surface area contributed by atoms with Gasteiger partial charge in [0.15, 0.2) is 0 Å². The molecule has 0 saturated carbocycles.